The molecule has 0 aromatic carbocycles. The number of rotatable bonds is 6. The van der Waals surface area contributed by atoms with E-state index in [1.54, 1.807) is 23.3 Å². The fourth-order valence-electron chi connectivity index (χ4n) is 1.35. The molecule has 5 nitrogen and oxygen atoms in total. The molecule has 0 atom stereocenters. The predicted octanol–water partition coefficient (Wildman–Crippen LogP) is 0.871. The lowest BCUT2D eigenvalue weighted by Crippen LogP contribution is -2.32. The summed E-state index contributed by atoms with van der Waals surface area (Å²) in [5.74, 6) is 0.664. The van der Waals surface area contributed by atoms with E-state index in [4.69, 9.17) is 15.4 Å². The highest BCUT2D eigenvalue weighted by molar-refractivity contribution is 5.76. The number of nitrogens with two attached hydrogens (primary N) is 1. The molecular weight excluding hydrogens is 206 g/mol. The minimum atomic E-state index is -0.0471. The number of amides is 1. The van der Waals surface area contributed by atoms with Crippen molar-refractivity contribution in [3.8, 4) is 6.07 Å². The van der Waals surface area contributed by atoms with Crippen LogP contribution in [0, 0.1) is 11.3 Å². The van der Waals surface area contributed by atoms with Crippen LogP contribution in [0.3, 0.4) is 0 Å². The van der Waals surface area contributed by atoms with Crippen molar-refractivity contribution in [2.24, 2.45) is 5.73 Å². The van der Waals surface area contributed by atoms with E-state index in [-0.39, 0.29) is 5.91 Å². The molecule has 0 fully saturated rings. The average Bonchev–Trinajstić information content (AvgIpc) is 2.77. The molecule has 0 unspecified atom stereocenters. The Morgan fingerprint density at radius 3 is 3.00 bits per heavy atom. The Hall–Kier alpha value is -1.80. The van der Waals surface area contributed by atoms with Crippen LogP contribution in [-0.4, -0.2) is 23.9 Å². The van der Waals surface area contributed by atoms with Crippen LogP contribution in [0.5, 0.6) is 0 Å². The summed E-state index contributed by atoms with van der Waals surface area (Å²) in [5.41, 5.74) is 5.33. The number of carbonyl (C=O) groups excluding carboxylic acids is 1. The smallest absolute Gasteiger partial charge is 0.224 e. The van der Waals surface area contributed by atoms with Gasteiger partial charge in [-0.2, -0.15) is 5.26 Å². The maximum absolute atomic E-state index is 11.7. The first-order chi connectivity index (χ1) is 7.77. The van der Waals surface area contributed by atoms with Crippen LogP contribution < -0.4 is 5.73 Å². The van der Waals surface area contributed by atoms with Gasteiger partial charge in [0.05, 0.1) is 25.3 Å². The van der Waals surface area contributed by atoms with Gasteiger partial charge in [0.15, 0.2) is 0 Å². The first kappa shape index (κ1) is 12.3. The summed E-state index contributed by atoms with van der Waals surface area (Å²) < 4.78 is 5.16. The van der Waals surface area contributed by atoms with Crippen LogP contribution in [0.25, 0.3) is 0 Å². The Balaban J connectivity index is 2.56. The van der Waals surface area contributed by atoms with Crippen LogP contribution in [0.2, 0.25) is 0 Å². The van der Waals surface area contributed by atoms with Crippen LogP contribution in [-0.2, 0) is 11.3 Å². The van der Waals surface area contributed by atoms with Gasteiger partial charge in [-0.15, -0.1) is 0 Å². The Labute approximate surface area is 94.4 Å². The summed E-state index contributed by atoms with van der Waals surface area (Å²) in [7, 11) is 0. The van der Waals surface area contributed by atoms with Gasteiger partial charge < -0.3 is 15.1 Å². The summed E-state index contributed by atoms with van der Waals surface area (Å²) in [5, 5.41) is 8.52. The third-order valence-corrected chi connectivity index (χ3v) is 2.13. The summed E-state index contributed by atoms with van der Waals surface area (Å²) in [6.45, 7) is 1.13. The van der Waals surface area contributed by atoms with Crippen molar-refractivity contribution in [3.63, 3.8) is 0 Å². The molecule has 0 bridgehead atoms. The Morgan fingerprint density at radius 2 is 2.44 bits per heavy atom. The van der Waals surface area contributed by atoms with Gasteiger partial charge in [0.2, 0.25) is 5.91 Å². The van der Waals surface area contributed by atoms with Crippen molar-refractivity contribution in [1.29, 1.82) is 5.26 Å². The first-order valence-electron chi connectivity index (χ1n) is 5.15. The standard InChI is InChI=1S/C11H15N3O2/c12-5-2-7-14(11(15)4-6-13)9-10-3-1-8-16-10/h1,3,8H,2,4,6-7,9,13H2. The van der Waals surface area contributed by atoms with Crippen LogP contribution in [0.15, 0.2) is 22.8 Å². The number of furan rings is 1. The highest BCUT2D eigenvalue weighted by Crippen LogP contribution is 2.07. The molecule has 0 saturated carbocycles. The number of nitrogens with zero attached hydrogens (tertiary/aromatic N) is 2. The second-order valence-corrected chi connectivity index (χ2v) is 3.34. The van der Waals surface area contributed by atoms with E-state index in [0.717, 1.165) is 0 Å². The molecule has 0 aliphatic carbocycles. The van der Waals surface area contributed by atoms with Gasteiger partial charge in [-0.05, 0) is 12.1 Å². The first-order valence-corrected chi connectivity index (χ1v) is 5.15. The normalized spacial score (nSPS) is 9.75. The Kier molecular flexibility index (Phi) is 5.09. The molecule has 16 heavy (non-hydrogen) atoms. The number of nitriles is 1. The number of hydrogen-bond donors (Lipinski definition) is 1. The molecule has 1 aromatic rings. The van der Waals surface area contributed by atoms with Crippen molar-refractivity contribution >= 4 is 5.91 Å². The molecule has 5 heteroatoms. The molecule has 0 aliphatic rings. The summed E-state index contributed by atoms with van der Waals surface area (Å²) >= 11 is 0. The van der Waals surface area contributed by atoms with Crippen molar-refractivity contribution in [2.45, 2.75) is 19.4 Å². The van der Waals surface area contributed by atoms with Gasteiger partial charge >= 0.3 is 0 Å². The second-order valence-electron chi connectivity index (χ2n) is 3.34. The lowest BCUT2D eigenvalue weighted by atomic mass is 10.3. The van der Waals surface area contributed by atoms with Gasteiger partial charge in [-0.25, -0.2) is 0 Å². The largest absolute Gasteiger partial charge is 0.467 e. The Bertz CT molecular complexity index is 354. The summed E-state index contributed by atoms with van der Waals surface area (Å²) in [6.07, 6.45) is 2.17. The molecule has 1 heterocycles. The zero-order chi connectivity index (χ0) is 11.8. The minimum Gasteiger partial charge on any atom is -0.467 e. The molecule has 2 N–H and O–H groups in total. The fraction of sp³-hybridized carbons (Fsp3) is 0.455. The summed E-state index contributed by atoms with van der Waals surface area (Å²) in [4.78, 5) is 13.3. The third-order valence-electron chi connectivity index (χ3n) is 2.13. The lowest BCUT2D eigenvalue weighted by Gasteiger charge is -2.20. The zero-order valence-electron chi connectivity index (χ0n) is 9.06. The highest BCUT2D eigenvalue weighted by Gasteiger charge is 2.13. The minimum absolute atomic E-state index is 0.0471. The average molecular weight is 221 g/mol. The molecule has 86 valence electrons. The van der Waals surface area contributed by atoms with Crippen molar-refractivity contribution in [2.75, 3.05) is 13.1 Å². The van der Waals surface area contributed by atoms with Gasteiger partial charge in [0.25, 0.3) is 0 Å². The van der Waals surface area contributed by atoms with E-state index in [0.29, 0.717) is 38.2 Å². The van der Waals surface area contributed by atoms with Crippen LogP contribution >= 0.6 is 0 Å². The quantitative estimate of drug-likeness (QED) is 0.772. The van der Waals surface area contributed by atoms with E-state index >= 15 is 0 Å². The van der Waals surface area contributed by atoms with E-state index in [1.807, 2.05) is 6.07 Å². The van der Waals surface area contributed by atoms with Crippen molar-refractivity contribution in [3.05, 3.63) is 24.2 Å². The molecular formula is C11H15N3O2. The monoisotopic (exact) mass is 221 g/mol. The fourth-order valence-corrected chi connectivity index (χ4v) is 1.35. The molecule has 0 aliphatic heterocycles. The van der Waals surface area contributed by atoms with E-state index in [2.05, 4.69) is 0 Å². The molecule has 0 saturated heterocycles. The topological polar surface area (TPSA) is 83.3 Å². The van der Waals surface area contributed by atoms with E-state index in [1.165, 1.54) is 0 Å². The molecule has 1 aromatic heterocycles. The predicted molar refractivity (Wildman–Crippen MR) is 58.0 cm³/mol. The molecule has 0 radical (unpaired) electrons. The van der Waals surface area contributed by atoms with E-state index < -0.39 is 0 Å². The lowest BCUT2D eigenvalue weighted by molar-refractivity contribution is -0.131. The van der Waals surface area contributed by atoms with E-state index in [9.17, 15) is 4.79 Å². The second kappa shape index (κ2) is 6.64. The van der Waals surface area contributed by atoms with Gasteiger partial charge in [0.1, 0.15) is 5.76 Å². The van der Waals surface area contributed by atoms with Gasteiger partial charge in [0, 0.05) is 19.5 Å². The number of carbonyl (C=O) groups is 1. The molecule has 0 spiro atoms. The number of hydrogen-bond acceptors (Lipinski definition) is 4. The maximum Gasteiger partial charge on any atom is 0.224 e. The molecule has 1 rings (SSSR count). The Morgan fingerprint density at radius 1 is 1.62 bits per heavy atom. The van der Waals surface area contributed by atoms with Crippen LogP contribution in [0.1, 0.15) is 18.6 Å². The SMILES string of the molecule is N#CCCN(Cc1ccco1)C(=O)CCN. The van der Waals surface area contributed by atoms with Crippen molar-refractivity contribution in [1.82, 2.24) is 4.90 Å². The van der Waals surface area contributed by atoms with Gasteiger partial charge in [-0.3, -0.25) is 4.79 Å². The zero-order valence-corrected chi connectivity index (χ0v) is 9.06. The highest BCUT2D eigenvalue weighted by atomic mass is 16.3. The van der Waals surface area contributed by atoms with Crippen LogP contribution in [0.4, 0.5) is 0 Å². The van der Waals surface area contributed by atoms with Crippen molar-refractivity contribution < 1.29 is 9.21 Å². The summed E-state index contributed by atoms with van der Waals surface area (Å²) in [6, 6.07) is 5.59. The molecule has 1 amide bonds. The third kappa shape index (κ3) is 3.75. The van der Waals surface area contributed by atoms with Gasteiger partial charge in [-0.1, -0.05) is 0 Å². The maximum atomic E-state index is 11.7.